The Bertz CT molecular complexity index is 373. The minimum atomic E-state index is -0.0242. The molecule has 3 saturated heterocycles. The second kappa shape index (κ2) is 3.48. The fraction of sp³-hybridized carbons (Fsp3) is 1.00. The van der Waals surface area contributed by atoms with Gasteiger partial charge in [-0.25, -0.2) is 0 Å². The van der Waals surface area contributed by atoms with Gasteiger partial charge in [0.25, 0.3) is 0 Å². The molecule has 5 aliphatic rings. The molecule has 0 aromatic heterocycles. The van der Waals surface area contributed by atoms with E-state index in [1.807, 2.05) is 0 Å². The van der Waals surface area contributed by atoms with Crippen LogP contribution in [0.15, 0.2) is 0 Å². The fourth-order valence-corrected chi connectivity index (χ4v) is 4.19. The molecule has 0 aromatic carbocycles. The van der Waals surface area contributed by atoms with E-state index in [-0.39, 0.29) is 11.9 Å². The smallest absolute Gasteiger partial charge is 0.161 e. The van der Waals surface area contributed by atoms with Crippen molar-refractivity contribution in [3.05, 3.63) is 0 Å². The van der Waals surface area contributed by atoms with E-state index in [4.69, 9.17) is 18.9 Å². The highest BCUT2D eigenvalue weighted by Gasteiger charge is 2.56. The van der Waals surface area contributed by atoms with Gasteiger partial charge in [0.2, 0.25) is 0 Å². The molecule has 5 fully saturated rings. The first-order valence-corrected chi connectivity index (χ1v) is 7.42. The van der Waals surface area contributed by atoms with E-state index < -0.39 is 0 Å². The molecule has 0 amide bonds. The number of epoxide rings is 2. The summed E-state index contributed by atoms with van der Waals surface area (Å²) in [5.41, 5.74) is -0.0242. The van der Waals surface area contributed by atoms with Gasteiger partial charge in [0.05, 0.1) is 36.6 Å². The number of hydrogen-bond acceptors (Lipinski definition) is 4. The predicted molar refractivity (Wildman–Crippen MR) is 62.1 cm³/mol. The Kier molecular flexibility index (Phi) is 2.05. The fourth-order valence-electron chi connectivity index (χ4n) is 4.19. The Morgan fingerprint density at radius 2 is 1.78 bits per heavy atom. The highest BCUT2D eigenvalue weighted by Crippen LogP contribution is 2.49. The van der Waals surface area contributed by atoms with Crippen molar-refractivity contribution < 1.29 is 18.9 Å². The van der Waals surface area contributed by atoms with Gasteiger partial charge in [-0.05, 0) is 32.1 Å². The van der Waals surface area contributed by atoms with Crippen molar-refractivity contribution in [2.45, 2.75) is 74.8 Å². The molecule has 4 heteroatoms. The number of rotatable bonds is 1. The molecule has 2 aliphatic carbocycles. The molecule has 18 heavy (non-hydrogen) atoms. The summed E-state index contributed by atoms with van der Waals surface area (Å²) < 4.78 is 23.5. The summed E-state index contributed by atoms with van der Waals surface area (Å²) in [6.07, 6.45) is 8.92. The second-order valence-corrected chi connectivity index (χ2v) is 6.72. The molecule has 3 aliphatic heterocycles. The molecule has 4 nitrogen and oxygen atoms in total. The average molecular weight is 252 g/mol. The normalized spacial score (nSPS) is 61.3. The van der Waals surface area contributed by atoms with E-state index in [0.29, 0.717) is 30.3 Å². The Morgan fingerprint density at radius 1 is 0.889 bits per heavy atom. The zero-order valence-electron chi connectivity index (χ0n) is 10.5. The van der Waals surface area contributed by atoms with E-state index in [1.54, 1.807) is 0 Å². The van der Waals surface area contributed by atoms with Gasteiger partial charge in [-0.3, -0.25) is 0 Å². The molecule has 7 atom stereocenters. The summed E-state index contributed by atoms with van der Waals surface area (Å²) in [6, 6.07) is 0. The van der Waals surface area contributed by atoms with Crippen molar-refractivity contribution in [2.24, 2.45) is 5.92 Å². The third kappa shape index (κ3) is 1.59. The summed E-state index contributed by atoms with van der Waals surface area (Å²) in [4.78, 5) is 0. The van der Waals surface area contributed by atoms with Crippen molar-refractivity contribution in [2.75, 3.05) is 6.61 Å². The maximum absolute atomic E-state index is 6.34. The second-order valence-electron chi connectivity index (χ2n) is 6.72. The molecule has 0 N–H and O–H groups in total. The number of hydrogen-bond donors (Lipinski definition) is 0. The lowest BCUT2D eigenvalue weighted by Gasteiger charge is -2.31. The third-order valence-corrected chi connectivity index (χ3v) is 5.45. The zero-order valence-corrected chi connectivity index (χ0v) is 10.5. The summed E-state index contributed by atoms with van der Waals surface area (Å²) in [7, 11) is 0. The van der Waals surface area contributed by atoms with Crippen LogP contribution >= 0.6 is 0 Å². The summed E-state index contributed by atoms with van der Waals surface area (Å²) >= 11 is 0. The summed E-state index contributed by atoms with van der Waals surface area (Å²) in [6.45, 7) is 0.774. The van der Waals surface area contributed by atoms with Crippen molar-refractivity contribution in [1.29, 1.82) is 0 Å². The minimum absolute atomic E-state index is 0.0189. The predicted octanol–water partition coefficient (Wildman–Crippen LogP) is 1.62. The molecular formula is C14H20O4. The van der Waals surface area contributed by atoms with Gasteiger partial charge >= 0.3 is 0 Å². The van der Waals surface area contributed by atoms with Crippen LogP contribution in [-0.4, -0.2) is 42.9 Å². The van der Waals surface area contributed by atoms with Gasteiger partial charge < -0.3 is 18.9 Å². The topological polar surface area (TPSA) is 43.5 Å². The quantitative estimate of drug-likeness (QED) is 0.665. The van der Waals surface area contributed by atoms with E-state index in [9.17, 15) is 0 Å². The SMILES string of the molecule is C1CC2OC2CC1C1OCC2(CCC3OC3C2)O1. The van der Waals surface area contributed by atoms with E-state index >= 15 is 0 Å². The van der Waals surface area contributed by atoms with Crippen LogP contribution in [0.3, 0.4) is 0 Å². The number of fused-ring (bicyclic) bond motifs is 2. The van der Waals surface area contributed by atoms with Gasteiger partial charge in [0.15, 0.2) is 6.29 Å². The van der Waals surface area contributed by atoms with Crippen LogP contribution in [-0.2, 0) is 18.9 Å². The lowest BCUT2D eigenvalue weighted by atomic mass is 9.85. The van der Waals surface area contributed by atoms with Crippen molar-refractivity contribution in [3.63, 3.8) is 0 Å². The maximum atomic E-state index is 6.34. The van der Waals surface area contributed by atoms with Crippen molar-refractivity contribution >= 4 is 0 Å². The lowest BCUT2D eigenvalue weighted by Crippen LogP contribution is -2.38. The summed E-state index contributed by atoms with van der Waals surface area (Å²) in [5.74, 6) is 0.547. The standard InChI is InChI=1S/C14H20O4/c1-2-9-11(16-9)5-8(1)13-15-7-14(18-13)4-3-10-12(6-14)17-10/h8-13H,1-7H2. The van der Waals surface area contributed by atoms with Gasteiger partial charge in [-0.2, -0.15) is 0 Å². The molecule has 0 radical (unpaired) electrons. The lowest BCUT2D eigenvalue weighted by molar-refractivity contribution is -0.133. The zero-order chi connectivity index (χ0) is 11.7. The molecule has 100 valence electrons. The molecule has 7 unspecified atom stereocenters. The van der Waals surface area contributed by atoms with Crippen molar-refractivity contribution in [1.82, 2.24) is 0 Å². The molecular weight excluding hydrogens is 232 g/mol. The first-order valence-electron chi connectivity index (χ1n) is 7.42. The Morgan fingerprint density at radius 3 is 2.67 bits per heavy atom. The van der Waals surface area contributed by atoms with E-state index in [2.05, 4.69) is 0 Å². The van der Waals surface area contributed by atoms with Crippen LogP contribution in [0.2, 0.25) is 0 Å². The minimum Gasteiger partial charge on any atom is -0.370 e. The molecule has 0 bridgehead atoms. The van der Waals surface area contributed by atoms with Crippen LogP contribution in [0.1, 0.15) is 38.5 Å². The molecule has 5 rings (SSSR count). The van der Waals surface area contributed by atoms with Crippen LogP contribution < -0.4 is 0 Å². The highest BCUT2D eigenvalue weighted by atomic mass is 16.7. The van der Waals surface area contributed by atoms with Crippen molar-refractivity contribution in [3.8, 4) is 0 Å². The largest absolute Gasteiger partial charge is 0.370 e. The van der Waals surface area contributed by atoms with Gasteiger partial charge in [-0.15, -0.1) is 0 Å². The Balaban J connectivity index is 1.27. The van der Waals surface area contributed by atoms with Gasteiger partial charge in [-0.1, -0.05) is 0 Å². The molecule has 0 aromatic rings. The van der Waals surface area contributed by atoms with Crippen LogP contribution in [0.5, 0.6) is 0 Å². The van der Waals surface area contributed by atoms with Gasteiger partial charge in [0.1, 0.15) is 0 Å². The van der Waals surface area contributed by atoms with E-state index in [1.165, 1.54) is 12.8 Å². The molecule has 2 saturated carbocycles. The third-order valence-electron chi connectivity index (χ3n) is 5.45. The van der Waals surface area contributed by atoms with Crippen LogP contribution in [0.4, 0.5) is 0 Å². The molecule has 1 spiro atoms. The first-order chi connectivity index (χ1) is 8.81. The first kappa shape index (κ1) is 10.6. The Labute approximate surface area is 107 Å². The molecule has 3 heterocycles. The average Bonchev–Trinajstić information content (AvgIpc) is 3.26. The van der Waals surface area contributed by atoms with Crippen LogP contribution in [0.25, 0.3) is 0 Å². The maximum Gasteiger partial charge on any atom is 0.161 e. The summed E-state index contributed by atoms with van der Waals surface area (Å²) in [5, 5.41) is 0. The van der Waals surface area contributed by atoms with Crippen LogP contribution in [0, 0.1) is 5.92 Å². The van der Waals surface area contributed by atoms with Gasteiger partial charge in [0, 0.05) is 12.3 Å². The van der Waals surface area contributed by atoms with E-state index in [0.717, 1.165) is 32.3 Å². The number of ether oxygens (including phenoxy) is 4. The Hall–Kier alpha value is -0.160. The monoisotopic (exact) mass is 252 g/mol. The highest BCUT2D eigenvalue weighted by molar-refractivity contribution is 5.03.